The second-order valence-corrected chi connectivity index (χ2v) is 6.09. The zero-order valence-electron chi connectivity index (χ0n) is 15.5. The Kier molecular flexibility index (Phi) is 5.58. The van der Waals surface area contributed by atoms with Crippen molar-refractivity contribution in [3.8, 4) is 16.9 Å². The minimum absolute atomic E-state index is 0.00122. The predicted molar refractivity (Wildman–Crippen MR) is 96.1 cm³/mol. The molecule has 0 aliphatic carbocycles. The van der Waals surface area contributed by atoms with Gasteiger partial charge < -0.3 is 9.47 Å². The van der Waals surface area contributed by atoms with E-state index in [1.54, 1.807) is 12.1 Å². The molecule has 0 atom stereocenters. The summed E-state index contributed by atoms with van der Waals surface area (Å²) in [5.74, 6) is -1.36. The fourth-order valence-corrected chi connectivity index (χ4v) is 2.86. The maximum Gasteiger partial charge on any atom is 0.435 e. The van der Waals surface area contributed by atoms with Crippen LogP contribution in [0.2, 0.25) is 0 Å². The first-order valence-electron chi connectivity index (χ1n) is 8.39. The third-order valence-electron chi connectivity index (χ3n) is 4.23. The first-order chi connectivity index (χ1) is 13.7. The molecule has 0 saturated heterocycles. The van der Waals surface area contributed by atoms with Crippen molar-refractivity contribution in [2.24, 2.45) is 0 Å². The van der Waals surface area contributed by atoms with Gasteiger partial charge in [-0.15, -0.1) is 0 Å². The number of aromatic nitrogens is 2. The van der Waals surface area contributed by atoms with Gasteiger partial charge in [0.2, 0.25) is 0 Å². The number of halogens is 4. The molecule has 2 aromatic carbocycles. The molecular weight excluding hydrogens is 392 g/mol. The lowest BCUT2D eigenvalue weighted by atomic mass is 10.1. The highest BCUT2D eigenvalue weighted by Gasteiger charge is 2.37. The third-order valence-corrected chi connectivity index (χ3v) is 4.23. The Morgan fingerprint density at radius 3 is 2.52 bits per heavy atom. The lowest BCUT2D eigenvalue weighted by Gasteiger charge is -2.07. The first kappa shape index (κ1) is 20.4. The van der Waals surface area contributed by atoms with Crippen LogP contribution in [0.5, 0.6) is 5.75 Å². The fourth-order valence-electron chi connectivity index (χ4n) is 2.86. The summed E-state index contributed by atoms with van der Waals surface area (Å²) < 4.78 is 65.7. The monoisotopic (exact) mass is 408 g/mol. The number of alkyl halides is 3. The summed E-state index contributed by atoms with van der Waals surface area (Å²) in [7, 11) is 2.52. The standard InChI is InChI=1S/C20H16F4N2O3/c1-28-14-7-3-5-12(9-14)16-11-26(25-18(16)20(22,23)24)10-13-6-4-8-15(17(13)21)19(27)29-2/h3-9,11H,10H2,1-2H3. The number of rotatable bonds is 5. The number of hydrogen-bond donors (Lipinski definition) is 0. The van der Waals surface area contributed by atoms with Crippen LogP contribution in [0.1, 0.15) is 21.6 Å². The van der Waals surface area contributed by atoms with E-state index in [2.05, 4.69) is 9.84 Å². The number of methoxy groups -OCH3 is 2. The number of nitrogens with zero attached hydrogens (tertiary/aromatic N) is 2. The Balaban J connectivity index is 2.04. The van der Waals surface area contributed by atoms with Gasteiger partial charge in [0, 0.05) is 17.3 Å². The number of benzene rings is 2. The molecule has 0 spiro atoms. The Hall–Kier alpha value is -3.36. The topological polar surface area (TPSA) is 53.4 Å². The highest BCUT2D eigenvalue weighted by molar-refractivity contribution is 5.89. The molecule has 0 aliphatic heterocycles. The van der Waals surface area contributed by atoms with Crippen molar-refractivity contribution in [1.82, 2.24) is 9.78 Å². The van der Waals surface area contributed by atoms with Crippen LogP contribution in [-0.4, -0.2) is 30.0 Å². The first-order valence-corrected chi connectivity index (χ1v) is 8.39. The summed E-state index contributed by atoms with van der Waals surface area (Å²) in [4.78, 5) is 11.6. The number of hydrogen-bond acceptors (Lipinski definition) is 4. The van der Waals surface area contributed by atoms with Gasteiger partial charge in [-0.1, -0.05) is 24.3 Å². The molecule has 5 nitrogen and oxygen atoms in total. The van der Waals surface area contributed by atoms with Gasteiger partial charge in [-0.3, -0.25) is 4.68 Å². The van der Waals surface area contributed by atoms with Crippen LogP contribution >= 0.6 is 0 Å². The third kappa shape index (κ3) is 4.23. The number of carbonyl (C=O) groups is 1. The van der Waals surface area contributed by atoms with Crippen LogP contribution in [-0.2, 0) is 17.5 Å². The minimum atomic E-state index is -4.71. The van der Waals surface area contributed by atoms with Crippen molar-refractivity contribution in [2.75, 3.05) is 14.2 Å². The second kappa shape index (κ2) is 7.94. The normalized spacial score (nSPS) is 11.4. The van der Waals surface area contributed by atoms with Crippen molar-refractivity contribution in [2.45, 2.75) is 12.7 Å². The van der Waals surface area contributed by atoms with Crippen LogP contribution in [0, 0.1) is 5.82 Å². The van der Waals surface area contributed by atoms with Crippen LogP contribution in [0.3, 0.4) is 0 Å². The molecular formula is C20H16F4N2O3. The van der Waals surface area contributed by atoms with Gasteiger partial charge in [0.1, 0.15) is 11.6 Å². The van der Waals surface area contributed by atoms with Crippen LogP contribution in [0.4, 0.5) is 17.6 Å². The Morgan fingerprint density at radius 2 is 1.86 bits per heavy atom. The quantitative estimate of drug-likeness (QED) is 0.459. The molecule has 0 aliphatic rings. The van der Waals surface area contributed by atoms with E-state index in [1.165, 1.54) is 43.6 Å². The molecule has 3 aromatic rings. The average molecular weight is 408 g/mol. The molecule has 9 heteroatoms. The van der Waals surface area contributed by atoms with Gasteiger partial charge in [0.25, 0.3) is 0 Å². The van der Waals surface area contributed by atoms with E-state index in [4.69, 9.17) is 4.74 Å². The molecule has 3 rings (SSSR count). The zero-order chi connectivity index (χ0) is 21.2. The number of carbonyl (C=O) groups excluding carboxylic acids is 1. The van der Waals surface area contributed by atoms with Crippen molar-refractivity contribution >= 4 is 5.97 Å². The molecule has 0 amide bonds. The Bertz CT molecular complexity index is 1040. The maximum absolute atomic E-state index is 14.6. The van der Waals surface area contributed by atoms with Crippen molar-refractivity contribution < 1.29 is 31.8 Å². The largest absolute Gasteiger partial charge is 0.497 e. The van der Waals surface area contributed by atoms with E-state index in [1.807, 2.05) is 0 Å². The fraction of sp³-hybridized carbons (Fsp3) is 0.200. The molecule has 1 heterocycles. The summed E-state index contributed by atoms with van der Waals surface area (Å²) in [6.45, 7) is -0.302. The van der Waals surface area contributed by atoms with E-state index < -0.39 is 23.7 Å². The molecule has 152 valence electrons. The van der Waals surface area contributed by atoms with Gasteiger partial charge in [0.15, 0.2) is 5.69 Å². The average Bonchev–Trinajstić information content (AvgIpc) is 3.13. The Labute approximate surface area is 163 Å². The maximum atomic E-state index is 14.6. The molecule has 0 N–H and O–H groups in total. The highest BCUT2D eigenvalue weighted by Crippen LogP contribution is 2.37. The van der Waals surface area contributed by atoms with Gasteiger partial charge in [0.05, 0.1) is 26.3 Å². The van der Waals surface area contributed by atoms with Gasteiger partial charge in [-0.05, 0) is 23.8 Å². The Morgan fingerprint density at radius 1 is 1.14 bits per heavy atom. The SMILES string of the molecule is COC(=O)c1cccc(Cn2cc(-c3cccc(OC)c3)c(C(F)(F)F)n2)c1F. The van der Waals surface area contributed by atoms with Gasteiger partial charge in [-0.2, -0.15) is 18.3 Å². The van der Waals surface area contributed by atoms with Crippen LogP contribution < -0.4 is 4.74 Å². The lowest BCUT2D eigenvalue weighted by Crippen LogP contribution is -2.11. The van der Waals surface area contributed by atoms with E-state index in [9.17, 15) is 22.4 Å². The zero-order valence-corrected chi connectivity index (χ0v) is 15.5. The molecule has 0 saturated carbocycles. The van der Waals surface area contributed by atoms with Crippen LogP contribution in [0.15, 0.2) is 48.7 Å². The van der Waals surface area contributed by atoms with Gasteiger partial charge in [-0.25, -0.2) is 9.18 Å². The van der Waals surface area contributed by atoms with Crippen molar-refractivity contribution in [1.29, 1.82) is 0 Å². The summed E-state index contributed by atoms with van der Waals surface area (Å²) >= 11 is 0. The lowest BCUT2D eigenvalue weighted by molar-refractivity contribution is -0.141. The minimum Gasteiger partial charge on any atom is -0.497 e. The summed E-state index contributed by atoms with van der Waals surface area (Å²) in [6.07, 6.45) is -3.53. The summed E-state index contributed by atoms with van der Waals surface area (Å²) in [5, 5.41) is 3.61. The van der Waals surface area contributed by atoms with E-state index in [-0.39, 0.29) is 28.8 Å². The van der Waals surface area contributed by atoms with E-state index in [0.717, 1.165) is 11.8 Å². The number of esters is 1. The smallest absolute Gasteiger partial charge is 0.435 e. The molecule has 0 radical (unpaired) electrons. The van der Waals surface area contributed by atoms with E-state index in [0.29, 0.717) is 5.75 Å². The van der Waals surface area contributed by atoms with Gasteiger partial charge >= 0.3 is 12.1 Å². The van der Waals surface area contributed by atoms with E-state index >= 15 is 0 Å². The van der Waals surface area contributed by atoms with Crippen molar-refractivity contribution in [3.63, 3.8) is 0 Å². The number of ether oxygens (including phenoxy) is 2. The summed E-state index contributed by atoms with van der Waals surface area (Å²) in [5.41, 5.74) is -1.31. The highest BCUT2D eigenvalue weighted by atomic mass is 19.4. The molecule has 29 heavy (non-hydrogen) atoms. The van der Waals surface area contributed by atoms with Crippen molar-refractivity contribution in [3.05, 3.63) is 71.3 Å². The molecule has 0 unspecified atom stereocenters. The van der Waals surface area contributed by atoms with Crippen LogP contribution in [0.25, 0.3) is 11.1 Å². The molecule has 1 aromatic heterocycles. The second-order valence-electron chi connectivity index (χ2n) is 6.09. The molecule has 0 bridgehead atoms. The summed E-state index contributed by atoms with van der Waals surface area (Å²) in [6, 6.07) is 10.1. The predicted octanol–water partition coefficient (Wildman–Crippen LogP) is 4.55. The molecule has 0 fully saturated rings.